The lowest BCUT2D eigenvalue weighted by atomic mass is 9.98. The van der Waals surface area contributed by atoms with Gasteiger partial charge in [-0.1, -0.05) is 61.4 Å². The van der Waals surface area contributed by atoms with Crippen LogP contribution in [0, 0.1) is 5.92 Å². The number of ether oxygens (including phenoxy) is 2. The third kappa shape index (κ3) is 4.75. The maximum absolute atomic E-state index is 13.3. The number of rotatable bonds is 7. The molecule has 1 aliphatic heterocycles. The second kappa shape index (κ2) is 9.34. The summed E-state index contributed by atoms with van der Waals surface area (Å²) in [5, 5.41) is 12.3. The minimum absolute atomic E-state index is 0.0608. The van der Waals surface area contributed by atoms with Crippen LogP contribution >= 0.6 is 0 Å². The molecule has 1 heterocycles. The van der Waals surface area contributed by atoms with Crippen molar-refractivity contribution in [1.29, 1.82) is 0 Å². The summed E-state index contributed by atoms with van der Waals surface area (Å²) in [6.07, 6.45) is 1.92. The number of carboxylic acid groups (broad SMARTS) is 1. The Balaban J connectivity index is 1.25. The highest BCUT2D eigenvalue weighted by molar-refractivity contribution is 5.87. The van der Waals surface area contributed by atoms with Gasteiger partial charge in [-0.05, 0) is 41.5 Å². The van der Waals surface area contributed by atoms with E-state index in [1.54, 1.807) is 0 Å². The molecule has 1 unspecified atom stereocenters. The Labute approximate surface area is 204 Å². The highest BCUT2D eigenvalue weighted by Gasteiger charge is 2.43. The first-order chi connectivity index (χ1) is 16.9. The zero-order valence-corrected chi connectivity index (χ0v) is 19.7. The van der Waals surface area contributed by atoms with Crippen LogP contribution < -0.4 is 5.32 Å². The van der Waals surface area contributed by atoms with E-state index in [-0.39, 0.29) is 38.1 Å². The number of amides is 2. The van der Waals surface area contributed by atoms with Gasteiger partial charge in [-0.2, -0.15) is 0 Å². The first-order valence-corrected chi connectivity index (χ1v) is 12.1. The molecule has 5 rings (SSSR count). The van der Waals surface area contributed by atoms with E-state index in [0.717, 1.165) is 35.1 Å². The van der Waals surface area contributed by atoms with Crippen molar-refractivity contribution >= 4 is 18.0 Å². The molecule has 0 bridgehead atoms. The zero-order chi connectivity index (χ0) is 24.6. The van der Waals surface area contributed by atoms with Crippen molar-refractivity contribution in [2.45, 2.75) is 43.7 Å². The van der Waals surface area contributed by atoms with Gasteiger partial charge in [0.2, 0.25) is 5.91 Å². The van der Waals surface area contributed by atoms with Crippen LogP contribution in [-0.2, 0) is 19.1 Å². The number of benzene rings is 2. The van der Waals surface area contributed by atoms with E-state index in [4.69, 9.17) is 9.47 Å². The normalized spacial score (nSPS) is 22.1. The van der Waals surface area contributed by atoms with E-state index >= 15 is 0 Å². The molecule has 2 N–H and O–H groups in total. The van der Waals surface area contributed by atoms with E-state index in [1.807, 2.05) is 24.3 Å². The third-order valence-corrected chi connectivity index (χ3v) is 7.24. The van der Waals surface area contributed by atoms with Crippen molar-refractivity contribution in [3.63, 3.8) is 0 Å². The molecule has 1 saturated heterocycles. The summed E-state index contributed by atoms with van der Waals surface area (Å²) in [4.78, 5) is 39.2. The minimum Gasteiger partial charge on any atom is -0.479 e. The molecule has 1 saturated carbocycles. The van der Waals surface area contributed by atoms with Gasteiger partial charge in [-0.3, -0.25) is 4.79 Å². The lowest BCUT2D eigenvalue weighted by Gasteiger charge is -2.39. The number of alkyl carbamates (subject to hydrolysis) is 1. The summed E-state index contributed by atoms with van der Waals surface area (Å²) in [7, 11) is 0. The van der Waals surface area contributed by atoms with Crippen molar-refractivity contribution in [2.75, 3.05) is 26.3 Å². The fraction of sp³-hybridized carbons (Fsp3) is 0.444. The van der Waals surface area contributed by atoms with Gasteiger partial charge < -0.3 is 24.8 Å². The minimum atomic E-state index is -1.46. The first-order valence-electron chi connectivity index (χ1n) is 12.1. The lowest BCUT2D eigenvalue weighted by Crippen LogP contribution is -2.59. The number of hydrogen-bond acceptors (Lipinski definition) is 5. The van der Waals surface area contributed by atoms with Gasteiger partial charge in [-0.25, -0.2) is 9.59 Å². The van der Waals surface area contributed by atoms with Crippen LogP contribution in [0.1, 0.15) is 43.2 Å². The molecule has 3 aliphatic rings. The number of carbonyl (C=O) groups excluding carboxylic acids is 2. The predicted molar refractivity (Wildman–Crippen MR) is 128 cm³/mol. The van der Waals surface area contributed by atoms with Gasteiger partial charge in [-0.15, -0.1) is 0 Å². The Bertz CT molecular complexity index is 1100. The number of morpholine rings is 1. The number of nitrogens with zero attached hydrogens (tertiary/aromatic N) is 1. The van der Waals surface area contributed by atoms with Gasteiger partial charge in [0.05, 0.1) is 13.2 Å². The lowest BCUT2D eigenvalue weighted by molar-refractivity contribution is -0.177. The second-order valence-electron chi connectivity index (χ2n) is 9.85. The van der Waals surface area contributed by atoms with Crippen molar-refractivity contribution < 1.29 is 29.0 Å². The highest BCUT2D eigenvalue weighted by atomic mass is 16.5. The van der Waals surface area contributed by atoms with Crippen molar-refractivity contribution in [2.24, 2.45) is 5.92 Å². The average Bonchev–Trinajstić information content (AvgIpc) is 3.62. The van der Waals surface area contributed by atoms with E-state index < -0.39 is 23.7 Å². The monoisotopic (exact) mass is 478 g/mol. The Kier molecular flexibility index (Phi) is 6.23. The first kappa shape index (κ1) is 23.4. The van der Waals surface area contributed by atoms with Crippen molar-refractivity contribution in [3.8, 4) is 11.1 Å². The zero-order valence-electron chi connectivity index (χ0n) is 19.7. The summed E-state index contributed by atoms with van der Waals surface area (Å²) < 4.78 is 11.1. The number of carboxylic acids is 1. The van der Waals surface area contributed by atoms with E-state index in [2.05, 4.69) is 29.6 Å². The van der Waals surface area contributed by atoms with Crippen LogP contribution in [0.5, 0.6) is 0 Å². The maximum atomic E-state index is 13.3. The Morgan fingerprint density at radius 2 is 1.74 bits per heavy atom. The molecule has 35 heavy (non-hydrogen) atoms. The summed E-state index contributed by atoms with van der Waals surface area (Å²) in [5.74, 6) is -1.09. The molecule has 2 amide bonds. The molecule has 2 aromatic carbocycles. The quantitative estimate of drug-likeness (QED) is 0.632. The molecule has 0 aromatic heterocycles. The maximum Gasteiger partial charge on any atom is 0.407 e. The third-order valence-electron chi connectivity index (χ3n) is 7.24. The van der Waals surface area contributed by atoms with Crippen LogP contribution in [0.25, 0.3) is 11.1 Å². The number of carbonyl (C=O) groups is 3. The molecular weight excluding hydrogens is 448 g/mol. The topological polar surface area (TPSA) is 105 Å². The Morgan fingerprint density at radius 3 is 2.34 bits per heavy atom. The number of fused-ring (bicyclic) bond motifs is 3. The van der Waals surface area contributed by atoms with Gasteiger partial charge in [0.1, 0.15) is 12.6 Å². The van der Waals surface area contributed by atoms with Crippen LogP contribution in [0.3, 0.4) is 0 Å². The van der Waals surface area contributed by atoms with Crippen LogP contribution in [-0.4, -0.2) is 65.9 Å². The van der Waals surface area contributed by atoms with E-state index in [9.17, 15) is 19.5 Å². The number of hydrogen-bond donors (Lipinski definition) is 2. The largest absolute Gasteiger partial charge is 0.479 e. The average molecular weight is 479 g/mol. The standard InChI is InChI=1S/C27H30N2O6/c1-27(25(31)32)16-29(12-13-35-27)24(30)23(14-17-10-11-17)28-26(33)34-15-22-20-8-4-2-6-18(20)19-7-3-5-9-21(19)22/h2-9,17,22-23H,10-16H2,1H3,(H,28,33)(H,31,32)/t23-,27?/m0/s1. The van der Waals surface area contributed by atoms with Gasteiger partial charge >= 0.3 is 12.1 Å². The van der Waals surface area contributed by atoms with Gasteiger partial charge in [0, 0.05) is 12.5 Å². The summed E-state index contributed by atoms with van der Waals surface area (Å²) in [6.45, 7) is 1.99. The summed E-state index contributed by atoms with van der Waals surface area (Å²) in [5.41, 5.74) is 3.07. The highest BCUT2D eigenvalue weighted by Crippen LogP contribution is 2.44. The predicted octanol–water partition coefficient (Wildman–Crippen LogP) is 3.40. The molecule has 2 aliphatic carbocycles. The molecule has 0 radical (unpaired) electrons. The van der Waals surface area contributed by atoms with Crippen LogP contribution in [0.15, 0.2) is 48.5 Å². The summed E-state index contributed by atoms with van der Waals surface area (Å²) in [6, 6.07) is 15.5. The molecule has 0 spiro atoms. The molecule has 8 heteroatoms. The molecule has 2 atom stereocenters. The van der Waals surface area contributed by atoms with Crippen molar-refractivity contribution in [3.05, 3.63) is 59.7 Å². The fourth-order valence-electron chi connectivity index (χ4n) is 5.10. The summed E-state index contributed by atoms with van der Waals surface area (Å²) >= 11 is 0. The van der Waals surface area contributed by atoms with Gasteiger partial charge in [0.15, 0.2) is 5.60 Å². The van der Waals surface area contributed by atoms with Crippen LogP contribution in [0.4, 0.5) is 4.79 Å². The van der Waals surface area contributed by atoms with E-state index in [1.165, 1.54) is 11.8 Å². The molecule has 2 fully saturated rings. The van der Waals surface area contributed by atoms with Gasteiger partial charge in [0.25, 0.3) is 0 Å². The molecule has 8 nitrogen and oxygen atoms in total. The Hall–Kier alpha value is -3.39. The second-order valence-corrected chi connectivity index (χ2v) is 9.85. The number of aliphatic carboxylic acids is 1. The SMILES string of the molecule is CC1(C(=O)O)CN(C(=O)[C@H](CC2CC2)NC(=O)OCC2c3ccccc3-c3ccccc32)CCO1. The number of nitrogens with one attached hydrogen (secondary N) is 1. The smallest absolute Gasteiger partial charge is 0.407 e. The Morgan fingerprint density at radius 1 is 1.11 bits per heavy atom. The molecular formula is C27H30N2O6. The van der Waals surface area contributed by atoms with Crippen LogP contribution in [0.2, 0.25) is 0 Å². The molecule has 184 valence electrons. The van der Waals surface area contributed by atoms with E-state index in [0.29, 0.717) is 12.3 Å². The van der Waals surface area contributed by atoms with Crippen molar-refractivity contribution in [1.82, 2.24) is 10.2 Å². The fourth-order valence-corrected chi connectivity index (χ4v) is 5.10. The molecule has 2 aromatic rings.